The number of anilines is 1. The summed E-state index contributed by atoms with van der Waals surface area (Å²) in [6.07, 6.45) is 0. The fourth-order valence-corrected chi connectivity index (χ4v) is 3.16. The Bertz CT molecular complexity index is 1210. The number of aromatic nitrogens is 2. The predicted molar refractivity (Wildman–Crippen MR) is 104 cm³/mol. The second-order valence-corrected chi connectivity index (χ2v) is 7.00. The fourth-order valence-electron chi connectivity index (χ4n) is 2.82. The SMILES string of the molecule is Cc1noc2nc(-c3ccc(F)cc3)cc(C(=O)Nc3ccc(Br)cc3F)c12. The molecule has 0 bridgehead atoms. The van der Waals surface area contributed by atoms with E-state index >= 15 is 0 Å². The number of amides is 1. The highest BCUT2D eigenvalue weighted by Crippen LogP contribution is 2.28. The van der Waals surface area contributed by atoms with E-state index < -0.39 is 11.7 Å². The van der Waals surface area contributed by atoms with Crippen LogP contribution in [0.1, 0.15) is 16.1 Å². The van der Waals surface area contributed by atoms with Crippen LogP contribution in [0.25, 0.3) is 22.4 Å². The number of hydrogen-bond acceptors (Lipinski definition) is 4. The molecule has 2 aromatic carbocycles. The smallest absolute Gasteiger partial charge is 0.259 e. The van der Waals surface area contributed by atoms with Crippen molar-refractivity contribution in [3.05, 3.63) is 75.9 Å². The summed E-state index contributed by atoms with van der Waals surface area (Å²) in [5.74, 6) is -1.50. The monoisotopic (exact) mass is 443 g/mol. The van der Waals surface area contributed by atoms with Crippen LogP contribution < -0.4 is 5.32 Å². The molecule has 0 aliphatic heterocycles. The maximum atomic E-state index is 14.1. The Morgan fingerprint density at radius 3 is 2.57 bits per heavy atom. The third kappa shape index (κ3) is 3.38. The van der Waals surface area contributed by atoms with Crippen molar-refractivity contribution in [2.45, 2.75) is 6.92 Å². The van der Waals surface area contributed by atoms with Gasteiger partial charge in [0, 0.05) is 10.0 Å². The third-order valence-corrected chi connectivity index (χ3v) is 4.67. The summed E-state index contributed by atoms with van der Waals surface area (Å²) in [6, 6.07) is 11.6. The van der Waals surface area contributed by atoms with Crippen LogP contribution in [0.15, 0.2) is 57.5 Å². The van der Waals surface area contributed by atoms with Crippen LogP contribution in [0.4, 0.5) is 14.5 Å². The molecule has 1 amide bonds. The molecule has 0 unspecified atom stereocenters. The molecule has 0 aliphatic rings. The molecule has 2 aromatic heterocycles. The normalized spacial score (nSPS) is 11.0. The van der Waals surface area contributed by atoms with Gasteiger partial charge in [-0.3, -0.25) is 4.79 Å². The first-order valence-electron chi connectivity index (χ1n) is 8.22. The van der Waals surface area contributed by atoms with Gasteiger partial charge in [-0.15, -0.1) is 0 Å². The number of nitrogens with one attached hydrogen (secondary N) is 1. The van der Waals surface area contributed by atoms with Gasteiger partial charge in [-0.1, -0.05) is 21.1 Å². The molecule has 140 valence electrons. The van der Waals surface area contributed by atoms with E-state index in [1.807, 2.05) is 0 Å². The van der Waals surface area contributed by atoms with E-state index in [4.69, 9.17) is 4.52 Å². The molecule has 0 saturated heterocycles. The second-order valence-electron chi connectivity index (χ2n) is 6.09. The van der Waals surface area contributed by atoms with Crippen LogP contribution in [0.5, 0.6) is 0 Å². The zero-order valence-electron chi connectivity index (χ0n) is 14.5. The van der Waals surface area contributed by atoms with Gasteiger partial charge in [0.25, 0.3) is 11.6 Å². The zero-order chi connectivity index (χ0) is 19.8. The molecule has 0 radical (unpaired) electrons. The van der Waals surface area contributed by atoms with Gasteiger partial charge in [0.2, 0.25) is 0 Å². The first-order valence-corrected chi connectivity index (χ1v) is 9.01. The van der Waals surface area contributed by atoms with E-state index in [9.17, 15) is 13.6 Å². The first kappa shape index (κ1) is 18.2. The van der Waals surface area contributed by atoms with E-state index in [1.54, 1.807) is 31.2 Å². The van der Waals surface area contributed by atoms with Crippen molar-refractivity contribution in [3.63, 3.8) is 0 Å². The molecule has 0 atom stereocenters. The summed E-state index contributed by atoms with van der Waals surface area (Å²) in [6.45, 7) is 1.68. The topological polar surface area (TPSA) is 68.0 Å². The van der Waals surface area contributed by atoms with Gasteiger partial charge >= 0.3 is 0 Å². The highest BCUT2D eigenvalue weighted by molar-refractivity contribution is 9.10. The van der Waals surface area contributed by atoms with E-state index in [1.165, 1.54) is 24.3 Å². The molecule has 2 heterocycles. The van der Waals surface area contributed by atoms with Gasteiger partial charge in [-0.25, -0.2) is 13.8 Å². The third-order valence-electron chi connectivity index (χ3n) is 4.18. The molecule has 5 nitrogen and oxygen atoms in total. The molecule has 4 rings (SSSR count). The number of rotatable bonds is 3. The Labute approximate surface area is 166 Å². The molecule has 0 saturated carbocycles. The summed E-state index contributed by atoms with van der Waals surface area (Å²) in [5, 5.41) is 6.86. The van der Waals surface area contributed by atoms with Crippen molar-refractivity contribution < 1.29 is 18.1 Å². The number of nitrogens with zero attached hydrogens (tertiary/aromatic N) is 2. The van der Waals surface area contributed by atoms with E-state index in [0.29, 0.717) is 26.8 Å². The van der Waals surface area contributed by atoms with Gasteiger partial charge in [-0.2, -0.15) is 0 Å². The fraction of sp³-hybridized carbons (Fsp3) is 0.0500. The molecular weight excluding hydrogens is 432 g/mol. The van der Waals surface area contributed by atoms with Crippen LogP contribution in [-0.4, -0.2) is 16.0 Å². The lowest BCUT2D eigenvalue weighted by Gasteiger charge is -2.09. The molecule has 4 aromatic rings. The molecule has 8 heteroatoms. The van der Waals surface area contributed by atoms with Gasteiger partial charge < -0.3 is 9.84 Å². The van der Waals surface area contributed by atoms with Crippen LogP contribution >= 0.6 is 15.9 Å². The maximum absolute atomic E-state index is 14.1. The number of carbonyl (C=O) groups excluding carboxylic acids is 1. The summed E-state index contributed by atoms with van der Waals surface area (Å²) in [5.41, 5.74) is 1.92. The summed E-state index contributed by atoms with van der Waals surface area (Å²) >= 11 is 3.18. The second kappa shape index (κ2) is 7.12. The Balaban J connectivity index is 1.81. The van der Waals surface area contributed by atoms with Crippen LogP contribution in [0.2, 0.25) is 0 Å². The largest absolute Gasteiger partial charge is 0.335 e. The average molecular weight is 444 g/mol. The lowest BCUT2D eigenvalue weighted by atomic mass is 10.0. The Morgan fingerprint density at radius 2 is 1.86 bits per heavy atom. The van der Waals surface area contributed by atoms with Crippen molar-refractivity contribution in [2.24, 2.45) is 0 Å². The van der Waals surface area contributed by atoms with Crippen LogP contribution in [0.3, 0.4) is 0 Å². The minimum absolute atomic E-state index is 0.0376. The van der Waals surface area contributed by atoms with Crippen LogP contribution in [0, 0.1) is 18.6 Å². The number of benzene rings is 2. The van der Waals surface area contributed by atoms with Crippen molar-refractivity contribution in [1.82, 2.24) is 10.1 Å². The maximum Gasteiger partial charge on any atom is 0.259 e. The Kier molecular flexibility index (Phi) is 4.64. The summed E-state index contributed by atoms with van der Waals surface area (Å²) in [4.78, 5) is 17.3. The number of fused-ring (bicyclic) bond motifs is 1. The lowest BCUT2D eigenvalue weighted by Crippen LogP contribution is -2.14. The van der Waals surface area contributed by atoms with Gasteiger partial charge in [0.15, 0.2) is 0 Å². The molecule has 0 fully saturated rings. The van der Waals surface area contributed by atoms with Gasteiger partial charge in [-0.05, 0) is 55.5 Å². The predicted octanol–water partition coefficient (Wildman–Crippen LogP) is 5.49. The van der Waals surface area contributed by atoms with Gasteiger partial charge in [0.05, 0.1) is 28.0 Å². The first-order chi connectivity index (χ1) is 13.4. The summed E-state index contributed by atoms with van der Waals surface area (Å²) < 4.78 is 33.1. The summed E-state index contributed by atoms with van der Waals surface area (Å²) in [7, 11) is 0. The highest BCUT2D eigenvalue weighted by Gasteiger charge is 2.20. The number of pyridine rings is 1. The lowest BCUT2D eigenvalue weighted by molar-refractivity contribution is 0.102. The van der Waals surface area contributed by atoms with Crippen molar-refractivity contribution in [2.75, 3.05) is 5.32 Å². The molecular formula is C20H12BrF2N3O2. The number of aryl methyl sites for hydroxylation is 1. The average Bonchev–Trinajstić information content (AvgIpc) is 3.05. The quantitative estimate of drug-likeness (QED) is 0.454. The van der Waals surface area contributed by atoms with E-state index in [2.05, 4.69) is 31.4 Å². The van der Waals surface area contributed by atoms with E-state index in [0.717, 1.165) is 0 Å². The Morgan fingerprint density at radius 1 is 1.11 bits per heavy atom. The minimum Gasteiger partial charge on any atom is -0.335 e. The molecule has 0 aliphatic carbocycles. The van der Waals surface area contributed by atoms with Crippen molar-refractivity contribution in [3.8, 4) is 11.3 Å². The highest BCUT2D eigenvalue weighted by atomic mass is 79.9. The van der Waals surface area contributed by atoms with Crippen molar-refractivity contribution >= 4 is 38.6 Å². The minimum atomic E-state index is -0.575. The van der Waals surface area contributed by atoms with Crippen LogP contribution in [-0.2, 0) is 0 Å². The zero-order valence-corrected chi connectivity index (χ0v) is 16.0. The standard InChI is InChI=1S/C20H12BrF2N3O2/c1-10-18-14(19(27)24-16-7-4-12(21)8-15(16)23)9-17(25-20(18)28-26-10)11-2-5-13(22)6-3-11/h2-9H,1H3,(H,24,27). The van der Waals surface area contributed by atoms with Gasteiger partial charge in [0.1, 0.15) is 11.6 Å². The van der Waals surface area contributed by atoms with Crippen molar-refractivity contribution in [1.29, 1.82) is 0 Å². The number of halogens is 3. The number of carbonyl (C=O) groups is 1. The molecule has 1 N–H and O–H groups in total. The Hall–Kier alpha value is -3.13. The van der Waals surface area contributed by atoms with E-state index in [-0.39, 0.29) is 22.8 Å². The number of hydrogen-bond donors (Lipinski definition) is 1. The molecule has 28 heavy (non-hydrogen) atoms. The molecule has 0 spiro atoms.